The molecule has 0 radical (unpaired) electrons. The zero-order valence-electron chi connectivity index (χ0n) is 22.3. The van der Waals surface area contributed by atoms with Gasteiger partial charge in [-0.2, -0.15) is 0 Å². The van der Waals surface area contributed by atoms with E-state index in [1.807, 2.05) is 26.0 Å². The van der Waals surface area contributed by atoms with Crippen molar-refractivity contribution in [3.63, 3.8) is 0 Å². The molecule has 1 fully saturated rings. The zero-order valence-corrected chi connectivity index (χ0v) is 23.9. The van der Waals surface area contributed by atoms with Crippen molar-refractivity contribution in [2.24, 2.45) is 0 Å². The minimum absolute atomic E-state index is 0.133. The van der Waals surface area contributed by atoms with E-state index >= 15 is 0 Å². The van der Waals surface area contributed by atoms with Gasteiger partial charge in [-0.1, -0.05) is 29.8 Å². The highest BCUT2D eigenvalue weighted by molar-refractivity contribution is 9.10. The summed E-state index contributed by atoms with van der Waals surface area (Å²) < 4.78 is 0.889. The number of H-pyrrole nitrogens is 1. The third-order valence-electron chi connectivity index (χ3n) is 7.43. The van der Waals surface area contributed by atoms with Crippen LogP contribution in [-0.4, -0.2) is 48.5 Å². The number of amides is 1. The number of aromatic amines is 1. The van der Waals surface area contributed by atoms with Crippen LogP contribution in [0.1, 0.15) is 85.1 Å². The van der Waals surface area contributed by atoms with Gasteiger partial charge in [0, 0.05) is 52.2 Å². The quantitative estimate of drug-likeness (QED) is 0.459. The minimum atomic E-state index is -0.160. The van der Waals surface area contributed by atoms with Crippen molar-refractivity contribution in [2.75, 3.05) is 25.5 Å². The van der Waals surface area contributed by atoms with Crippen LogP contribution in [0.5, 0.6) is 0 Å². The number of carbonyl (C=O) groups excluding carboxylic acids is 1. The van der Waals surface area contributed by atoms with Crippen LogP contribution in [0, 0.1) is 13.8 Å². The molecule has 0 atom stereocenters. The van der Waals surface area contributed by atoms with Gasteiger partial charge in [0.15, 0.2) is 0 Å². The van der Waals surface area contributed by atoms with E-state index in [0.717, 1.165) is 46.4 Å². The molecule has 1 saturated carbocycles. The molecular formula is C28H41BrN4O2. The first-order chi connectivity index (χ1) is 16.5. The molecule has 1 amide bonds. The van der Waals surface area contributed by atoms with Crippen molar-refractivity contribution in [1.82, 2.24) is 15.2 Å². The van der Waals surface area contributed by atoms with Crippen molar-refractivity contribution in [3.05, 3.63) is 61.0 Å². The molecule has 1 heterocycles. The normalized spacial score (nSPS) is 18.2. The van der Waals surface area contributed by atoms with Gasteiger partial charge in [0.1, 0.15) is 0 Å². The lowest BCUT2D eigenvalue weighted by Crippen LogP contribution is -2.42. The number of aromatic nitrogens is 1. The van der Waals surface area contributed by atoms with Gasteiger partial charge in [-0.25, -0.2) is 0 Å². The summed E-state index contributed by atoms with van der Waals surface area (Å²) in [5, 5.41) is 3.02. The molecular weight excluding hydrogens is 504 g/mol. The lowest BCUT2D eigenvalue weighted by molar-refractivity contribution is 0.0950. The van der Waals surface area contributed by atoms with Gasteiger partial charge in [-0.05, 0) is 95.8 Å². The van der Waals surface area contributed by atoms with E-state index in [1.54, 1.807) is 0 Å². The Kier molecular flexibility index (Phi) is 9.22. The molecule has 1 aliphatic rings. The molecule has 0 spiro atoms. The first-order valence-electron chi connectivity index (χ1n) is 12.8. The van der Waals surface area contributed by atoms with Crippen LogP contribution in [0.25, 0.3) is 0 Å². The van der Waals surface area contributed by atoms with Crippen molar-refractivity contribution >= 4 is 27.5 Å². The lowest BCUT2D eigenvalue weighted by atomic mass is 9.89. The van der Waals surface area contributed by atoms with Crippen LogP contribution in [0.4, 0.5) is 5.69 Å². The van der Waals surface area contributed by atoms with E-state index in [-0.39, 0.29) is 23.9 Å². The van der Waals surface area contributed by atoms with Crippen molar-refractivity contribution < 1.29 is 4.79 Å². The second kappa shape index (κ2) is 11.7. The monoisotopic (exact) mass is 544 g/mol. The van der Waals surface area contributed by atoms with E-state index in [0.29, 0.717) is 23.2 Å². The summed E-state index contributed by atoms with van der Waals surface area (Å²) in [5.74, 6) is 0.0370. The van der Waals surface area contributed by atoms with E-state index in [2.05, 4.69) is 77.0 Å². The van der Waals surface area contributed by atoms with Crippen LogP contribution in [0.15, 0.2) is 27.5 Å². The molecule has 3 rings (SSSR count). The molecule has 1 aliphatic carbocycles. The number of hydrogen-bond acceptors (Lipinski definition) is 4. The average molecular weight is 546 g/mol. The molecule has 6 nitrogen and oxygen atoms in total. The topological polar surface area (TPSA) is 68.4 Å². The minimum Gasteiger partial charge on any atom is -0.369 e. The number of pyridine rings is 1. The molecule has 1 aromatic carbocycles. The van der Waals surface area contributed by atoms with Gasteiger partial charge >= 0.3 is 0 Å². The Bertz CT molecular complexity index is 1100. The third-order valence-corrected chi connectivity index (χ3v) is 7.89. The molecule has 192 valence electrons. The number of carbonyl (C=O) groups is 1. The van der Waals surface area contributed by atoms with E-state index in [9.17, 15) is 9.59 Å². The molecule has 0 unspecified atom stereocenters. The highest BCUT2D eigenvalue weighted by Crippen LogP contribution is 2.34. The molecule has 35 heavy (non-hydrogen) atoms. The molecule has 7 heteroatoms. The fourth-order valence-corrected chi connectivity index (χ4v) is 5.86. The van der Waals surface area contributed by atoms with Crippen molar-refractivity contribution in [1.29, 1.82) is 0 Å². The molecule has 2 aromatic rings. The number of rotatable bonds is 8. The van der Waals surface area contributed by atoms with Gasteiger partial charge < -0.3 is 20.1 Å². The fraction of sp³-hybridized carbons (Fsp3) is 0.571. The van der Waals surface area contributed by atoms with Crippen LogP contribution in [-0.2, 0) is 6.54 Å². The van der Waals surface area contributed by atoms with Crippen LogP contribution in [0.2, 0.25) is 0 Å². The summed E-state index contributed by atoms with van der Waals surface area (Å²) >= 11 is 3.64. The highest BCUT2D eigenvalue weighted by atomic mass is 79.9. The second-order valence-corrected chi connectivity index (χ2v) is 11.3. The number of halogens is 1. The maximum absolute atomic E-state index is 13.3. The van der Waals surface area contributed by atoms with E-state index in [4.69, 9.17) is 0 Å². The van der Waals surface area contributed by atoms with Crippen LogP contribution >= 0.6 is 15.9 Å². The molecule has 0 bridgehead atoms. The fourth-order valence-electron chi connectivity index (χ4n) is 5.41. The summed E-state index contributed by atoms with van der Waals surface area (Å²) in [7, 11) is 4.33. The first kappa shape index (κ1) is 27.5. The van der Waals surface area contributed by atoms with Gasteiger partial charge in [0.2, 0.25) is 0 Å². The second-order valence-electron chi connectivity index (χ2n) is 10.4. The predicted molar refractivity (Wildman–Crippen MR) is 149 cm³/mol. The van der Waals surface area contributed by atoms with Gasteiger partial charge in [0.05, 0.1) is 0 Å². The Hall–Kier alpha value is -2.12. The predicted octanol–water partition coefficient (Wildman–Crippen LogP) is 5.51. The average Bonchev–Trinajstić information content (AvgIpc) is 2.80. The number of benzene rings is 1. The standard InChI is InChI=1S/C28H41BrN4O2/c1-8-33(22-11-9-21(10-12-22)32(6)7)26-15-20(29)14-24(19(26)5)27(34)30-16-25-23(17(2)3)13-18(4)31-28(25)35/h13-15,17,21-22H,8-12,16H2,1-7H3,(H,30,34)(H,31,35)/t21-,22-. The Morgan fingerprint density at radius 2 is 1.74 bits per heavy atom. The summed E-state index contributed by atoms with van der Waals surface area (Å²) in [5.41, 5.74) is 5.03. The first-order valence-corrected chi connectivity index (χ1v) is 13.6. The SMILES string of the molecule is CCN(c1cc(Br)cc(C(=O)NCc2c(C(C)C)cc(C)[nH]c2=O)c1C)[C@H]1CC[C@H](N(C)C)CC1. The molecule has 2 N–H and O–H groups in total. The number of hydrogen-bond donors (Lipinski definition) is 2. The van der Waals surface area contributed by atoms with E-state index < -0.39 is 0 Å². The number of anilines is 1. The molecule has 0 saturated heterocycles. The highest BCUT2D eigenvalue weighted by Gasteiger charge is 2.28. The summed E-state index contributed by atoms with van der Waals surface area (Å²) in [6.07, 6.45) is 4.69. The third kappa shape index (κ3) is 6.36. The van der Waals surface area contributed by atoms with Gasteiger partial charge in [-0.3, -0.25) is 9.59 Å². The maximum Gasteiger partial charge on any atom is 0.253 e. The lowest BCUT2D eigenvalue weighted by Gasteiger charge is -2.40. The summed E-state index contributed by atoms with van der Waals surface area (Å²) in [6, 6.07) is 7.14. The van der Waals surface area contributed by atoms with Crippen molar-refractivity contribution in [2.45, 2.75) is 84.8 Å². The summed E-state index contributed by atoms with van der Waals surface area (Å²) in [6.45, 7) is 11.3. The smallest absolute Gasteiger partial charge is 0.253 e. The van der Waals surface area contributed by atoms with E-state index in [1.165, 1.54) is 12.8 Å². The van der Waals surface area contributed by atoms with Gasteiger partial charge in [-0.15, -0.1) is 0 Å². The Morgan fingerprint density at radius 1 is 1.11 bits per heavy atom. The van der Waals surface area contributed by atoms with Gasteiger partial charge in [0.25, 0.3) is 11.5 Å². The number of nitrogens with one attached hydrogen (secondary N) is 2. The molecule has 0 aliphatic heterocycles. The zero-order chi connectivity index (χ0) is 25.9. The summed E-state index contributed by atoms with van der Waals surface area (Å²) in [4.78, 5) is 33.6. The Morgan fingerprint density at radius 3 is 2.31 bits per heavy atom. The number of aryl methyl sites for hydroxylation is 1. The Balaban J connectivity index is 1.84. The largest absolute Gasteiger partial charge is 0.369 e. The van der Waals surface area contributed by atoms with Crippen LogP contribution < -0.4 is 15.8 Å². The maximum atomic E-state index is 13.3. The Labute approximate surface area is 218 Å². The van der Waals surface area contributed by atoms with Crippen molar-refractivity contribution in [3.8, 4) is 0 Å². The van der Waals surface area contributed by atoms with Crippen LogP contribution in [0.3, 0.4) is 0 Å². The molecule has 1 aromatic heterocycles. The number of nitrogens with zero attached hydrogens (tertiary/aromatic N) is 2.